The average molecular weight is 422 g/mol. The fraction of sp³-hybridized carbons (Fsp3) is 0.619. The molecule has 1 saturated carbocycles. The first-order chi connectivity index (χ1) is 13.8. The lowest BCUT2D eigenvalue weighted by Crippen LogP contribution is -2.46. The number of rotatable bonds is 5. The van der Waals surface area contributed by atoms with Gasteiger partial charge in [-0.3, -0.25) is 9.59 Å². The van der Waals surface area contributed by atoms with Gasteiger partial charge in [0, 0.05) is 37.7 Å². The minimum absolute atomic E-state index is 0.0206. The molecule has 0 aromatic heterocycles. The Bertz CT molecular complexity index is 830. The smallest absolute Gasteiger partial charge is 0.251 e. The van der Waals surface area contributed by atoms with Crippen LogP contribution in [0.15, 0.2) is 29.2 Å². The fourth-order valence-corrected chi connectivity index (χ4v) is 5.71. The summed E-state index contributed by atoms with van der Waals surface area (Å²) in [4.78, 5) is 23.9. The Morgan fingerprint density at radius 3 is 2.17 bits per heavy atom. The summed E-state index contributed by atoms with van der Waals surface area (Å²) >= 11 is 0. The molecule has 0 radical (unpaired) electrons. The predicted octanol–water partition coefficient (Wildman–Crippen LogP) is 2.28. The van der Waals surface area contributed by atoms with Gasteiger partial charge < -0.3 is 10.6 Å². The number of hydrogen-bond donors (Lipinski definition) is 2. The van der Waals surface area contributed by atoms with Crippen LogP contribution >= 0.6 is 0 Å². The van der Waals surface area contributed by atoms with E-state index in [2.05, 4.69) is 17.6 Å². The zero-order chi connectivity index (χ0) is 21.0. The third kappa shape index (κ3) is 5.36. The maximum Gasteiger partial charge on any atom is 0.251 e. The first-order valence-corrected chi connectivity index (χ1v) is 11.9. The molecular weight excluding hydrogens is 390 g/mol. The van der Waals surface area contributed by atoms with Crippen LogP contribution in [0.25, 0.3) is 0 Å². The summed E-state index contributed by atoms with van der Waals surface area (Å²) in [6.45, 7) is 4.37. The van der Waals surface area contributed by atoms with E-state index in [1.54, 1.807) is 12.1 Å². The molecule has 1 saturated heterocycles. The van der Waals surface area contributed by atoms with Crippen molar-refractivity contribution < 1.29 is 18.0 Å². The molecule has 0 bridgehead atoms. The van der Waals surface area contributed by atoms with Gasteiger partial charge >= 0.3 is 0 Å². The molecule has 7 nitrogen and oxygen atoms in total. The molecule has 0 spiro atoms. The standard InChI is InChI=1S/C21H31N3O4S/c1-15-5-3-4-6-20(15)23-21(26)17-7-9-19(10-8-17)29(27,28)24-13-11-18(12-14-24)22-16(2)25/h7-10,15,18,20H,3-6,11-14H2,1-2H3,(H,22,25)(H,23,26)/t15-,20-/m0/s1. The lowest BCUT2D eigenvalue weighted by atomic mass is 9.86. The Labute approximate surface area is 173 Å². The van der Waals surface area contributed by atoms with Crippen molar-refractivity contribution in [2.45, 2.75) is 69.4 Å². The molecule has 1 aliphatic carbocycles. The number of carbonyl (C=O) groups excluding carboxylic acids is 2. The van der Waals surface area contributed by atoms with Crippen molar-refractivity contribution in [2.75, 3.05) is 13.1 Å². The van der Waals surface area contributed by atoms with Gasteiger partial charge in [0.15, 0.2) is 0 Å². The van der Waals surface area contributed by atoms with Gasteiger partial charge in [-0.15, -0.1) is 0 Å². The van der Waals surface area contributed by atoms with Crippen molar-refractivity contribution in [3.8, 4) is 0 Å². The highest BCUT2D eigenvalue weighted by molar-refractivity contribution is 7.89. The maximum absolute atomic E-state index is 12.9. The van der Waals surface area contributed by atoms with E-state index in [1.165, 1.54) is 29.8 Å². The van der Waals surface area contributed by atoms with Gasteiger partial charge in [-0.25, -0.2) is 8.42 Å². The minimum Gasteiger partial charge on any atom is -0.354 e. The van der Waals surface area contributed by atoms with Gasteiger partial charge in [-0.05, 0) is 55.9 Å². The maximum atomic E-state index is 12.9. The lowest BCUT2D eigenvalue weighted by molar-refractivity contribution is -0.119. The number of nitrogens with zero attached hydrogens (tertiary/aromatic N) is 1. The molecular formula is C21H31N3O4S. The van der Waals surface area contributed by atoms with E-state index in [0.29, 0.717) is 37.4 Å². The fourth-order valence-electron chi connectivity index (χ4n) is 4.24. The van der Waals surface area contributed by atoms with Crippen LogP contribution in [0.2, 0.25) is 0 Å². The molecule has 1 aliphatic heterocycles. The van der Waals surface area contributed by atoms with E-state index >= 15 is 0 Å². The van der Waals surface area contributed by atoms with Gasteiger partial charge in [0.05, 0.1) is 4.90 Å². The van der Waals surface area contributed by atoms with Crippen LogP contribution < -0.4 is 10.6 Å². The van der Waals surface area contributed by atoms with Crippen LogP contribution in [0.1, 0.15) is 62.7 Å². The number of sulfonamides is 1. The Hall–Kier alpha value is -1.93. The molecule has 2 atom stereocenters. The number of piperidine rings is 1. The number of benzene rings is 1. The van der Waals surface area contributed by atoms with E-state index in [-0.39, 0.29) is 28.8 Å². The summed E-state index contributed by atoms with van der Waals surface area (Å²) in [6.07, 6.45) is 5.65. The van der Waals surface area contributed by atoms with E-state index in [1.807, 2.05) is 0 Å². The second-order valence-corrected chi connectivity index (χ2v) is 10.2. The summed E-state index contributed by atoms with van der Waals surface area (Å²) in [7, 11) is -3.60. The normalized spacial score (nSPS) is 24.1. The second kappa shape index (κ2) is 9.26. The van der Waals surface area contributed by atoms with Gasteiger partial charge in [-0.2, -0.15) is 4.31 Å². The topological polar surface area (TPSA) is 95.6 Å². The van der Waals surface area contributed by atoms with Crippen molar-refractivity contribution in [3.05, 3.63) is 29.8 Å². The van der Waals surface area contributed by atoms with Crippen molar-refractivity contribution in [3.63, 3.8) is 0 Å². The first-order valence-electron chi connectivity index (χ1n) is 10.5. The molecule has 2 aliphatic rings. The number of nitrogens with one attached hydrogen (secondary N) is 2. The van der Waals surface area contributed by atoms with Crippen molar-refractivity contribution in [2.24, 2.45) is 5.92 Å². The van der Waals surface area contributed by atoms with Gasteiger partial charge in [0.2, 0.25) is 15.9 Å². The molecule has 1 aromatic carbocycles. The summed E-state index contributed by atoms with van der Waals surface area (Å²) < 4.78 is 27.2. The Kier molecular flexibility index (Phi) is 6.95. The molecule has 2 N–H and O–H groups in total. The molecule has 3 rings (SSSR count). The predicted molar refractivity (Wildman–Crippen MR) is 111 cm³/mol. The number of amides is 2. The van der Waals surface area contributed by atoms with Crippen LogP contribution in [0.3, 0.4) is 0 Å². The van der Waals surface area contributed by atoms with Crippen LogP contribution in [0.5, 0.6) is 0 Å². The van der Waals surface area contributed by atoms with Crippen LogP contribution in [-0.2, 0) is 14.8 Å². The second-order valence-electron chi connectivity index (χ2n) is 8.24. The van der Waals surface area contributed by atoms with Crippen LogP contribution in [0, 0.1) is 5.92 Å². The average Bonchev–Trinajstić information content (AvgIpc) is 2.70. The summed E-state index contributed by atoms with van der Waals surface area (Å²) in [5, 5.41) is 5.94. The number of hydrogen-bond acceptors (Lipinski definition) is 4. The Morgan fingerprint density at radius 1 is 0.966 bits per heavy atom. The zero-order valence-corrected chi connectivity index (χ0v) is 18.0. The lowest BCUT2D eigenvalue weighted by Gasteiger charge is -2.31. The highest BCUT2D eigenvalue weighted by Gasteiger charge is 2.30. The Balaban J connectivity index is 1.61. The first kappa shape index (κ1) is 21.8. The third-order valence-corrected chi connectivity index (χ3v) is 7.96. The summed E-state index contributed by atoms with van der Waals surface area (Å²) in [5.74, 6) is 0.222. The van der Waals surface area contributed by atoms with Crippen LogP contribution in [0.4, 0.5) is 0 Å². The van der Waals surface area contributed by atoms with Crippen molar-refractivity contribution in [1.82, 2.24) is 14.9 Å². The highest BCUT2D eigenvalue weighted by Crippen LogP contribution is 2.25. The molecule has 1 heterocycles. The molecule has 1 aromatic rings. The van der Waals surface area contributed by atoms with E-state index in [4.69, 9.17) is 0 Å². The number of carbonyl (C=O) groups is 2. The van der Waals surface area contributed by atoms with E-state index < -0.39 is 10.0 Å². The molecule has 2 amide bonds. The van der Waals surface area contributed by atoms with Gasteiger partial charge in [0.1, 0.15) is 0 Å². The molecule has 160 valence electrons. The van der Waals surface area contributed by atoms with E-state index in [9.17, 15) is 18.0 Å². The van der Waals surface area contributed by atoms with Crippen molar-refractivity contribution in [1.29, 1.82) is 0 Å². The zero-order valence-electron chi connectivity index (χ0n) is 17.2. The quantitative estimate of drug-likeness (QED) is 0.762. The Morgan fingerprint density at radius 2 is 1.59 bits per heavy atom. The van der Waals surface area contributed by atoms with Gasteiger partial charge in [0.25, 0.3) is 5.91 Å². The largest absolute Gasteiger partial charge is 0.354 e. The summed E-state index contributed by atoms with van der Waals surface area (Å²) in [5.41, 5.74) is 0.478. The minimum atomic E-state index is -3.60. The molecule has 29 heavy (non-hydrogen) atoms. The van der Waals surface area contributed by atoms with E-state index in [0.717, 1.165) is 19.3 Å². The SMILES string of the molecule is CC(=O)NC1CCN(S(=O)(=O)c2ccc(C(=O)N[C@H]3CCCC[C@@H]3C)cc2)CC1. The van der Waals surface area contributed by atoms with Crippen LogP contribution in [-0.4, -0.2) is 49.7 Å². The summed E-state index contributed by atoms with van der Waals surface area (Å²) in [6, 6.07) is 6.39. The van der Waals surface area contributed by atoms with Gasteiger partial charge in [-0.1, -0.05) is 19.8 Å². The molecule has 2 fully saturated rings. The molecule has 8 heteroatoms. The molecule has 0 unspecified atom stereocenters. The van der Waals surface area contributed by atoms with Crippen molar-refractivity contribution >= 4 is 21.8 Å². The highest BCUT2D eigenvalue weighted by atomic mass is 32.2. The third-order valence-electron chi connectivity index (χ3n) is 6.04. The monoisotopic (exact) mass is 421 g/mol.